The molecule has 4 heterocycles. The average Bonchev–Trinajstić information content (AvgIpc) is 3.58. The maximum absolute atomic E-state index is 13.0. The summed E-state index contributed by atoms with van der Waals surface area (Å²) < 4.78 is 1.87. The van der Waals surface area contributed by atoms with Crippen molar-refractivity contribution in [3.63, 3.8) is 0 Å². The minimum Gasteiger partial charge on any atom is -0.346 e. The highest BCUT2D eigenvalue weighted by atomic mass is 32.1. The van der Waals surface area contributed by atoms with E-state index < -0.39 is 0 Å². The average molecular weight is 462 g/mol. The van der Waals surface area contributed by atoms with Gasteiger partial charge in [-0.15, -0.1) is 22.7 Å². The van der Waals surface area contributed by atoms with Crippen molar-refractivity contribution < 1.29 is 4.79 Å². The molecule has 0 spiro atoms. The number of nitrogens with zero attached hydrogens (tertiary/aromatic N) is 5. The third-order valence-corrected chi connectivity index (χ3v) is 7.13. The Labute approximate surface area is 195 Å². The largest absolute Gasteiger partial charge is 0.346 e. The molecule has 3 aromatic heterocycles. The Bertz CT molecular complexity index is 1180. The Morgan fingerprint density at radius 3 is 2.66 bits per heavy atom. The predicted molar refractivity (Wildman–Crippen MR) is 131 cm³/mol. The van der Waals surface area contributed by atoms with Gasteiger partial charge in [0.05, 0.1) is 10.6 Å². The number of aromatic nitrogens is 3. The van der Waals surface area contributed by atoms with Gasteiger partial charge in [0, 0.05) is 55.6 Å². The molecule has 5 rings (SSSR count). The first-order chi connectivity index (χ1) is 15.8. The molecule has 8 heteroatoms. The van der Waals surface area contributed by atoms with Crippen LogP contribution < -0.4 is 4.90 Å². The number of para-hydroxylation sites is 1. The molecule has 1 aliphatic rings. The Balaban J connectivity index is 1.34. The smallest absolute Gasteiger partial charge is 0.246 e. The van der Waals surface area contributed by atoms with E-state index in [1.807, 2.05) is 75.2 Å². The van der Waals surface area contributed by atoms with Gasteiger partial charge in [0.1, 0.15) is 5.69 Å². The van der Waals surface area contributed by atoms with Crippen LogP contribution in [0.3, 0.4) is 0 Å². The van der Waals surface area contributed by atoms with Crippen molar-refractivity contribution in [1.82, 2.24) is 19.7 Å². The number of carbonyl (C=O) groups excluding carboxylic acids is 1. The number of hydrogen-bond acceptors (Lipinski definition) is 6. The molecule has 162 valence electrons. The summed E-state index contributed by atoms with van der Waals surface area (Å²) in [5.74, 6) is 0.0376. The molecule has 1 amide bonds. The lowest BCUT2D eigenvalue weighted by molar-refractivity contribution is -0.125. The molecule has 0 saturated carbocycles. The SMILES string of the molecule is O=C(/C=C/c1cn(-c2ccccc2)nc1-c1cccs1)N1CCCN(c2nccs2)CC1. The van der Waals surface area contributed by atoms with Gasteiger partial charge in [0.2, 0.25) is 5.91 Å². The Morgan fingerprint density at radius 1 is 0.969 bits per heavy atom. The van der Waals surface area contributed by atoms with E-state index in [0.29, 0.717) is 6.54 Å². The van der Waals surface area contributed by atoms with E-state index in [4.69, 9.17) is 5.10 Å². The number of carbonyl (C=O) groups is 1. The molecular weight excluding hydrogens is 438 g/mol. The fraction of sp³-hybridized carbons (Fsp3) is 0.208. The third-order valence-electron chi connectivity index (χ3n) is 5.42. The van der Waals surface area contributed by atoms with Crippen LogP contribution in [-0.2, 0) is 4.79 Å². The van der Waals surface area contributed by atoms with Gasteiger partial charge in [-0.3, -0.25) is 4.79 Å². The maximum Gasteiger partial charge on any atom is 0.246 e. The molecule has 32 heavy (non-hydrogen) atoms. The summed E-state index contributed by atoms with van der Waals surface area (Å²) in [5, 5.41) is 9.87. The molecule has 1 saturated heterocycles. The van der Waals surface area contributed by atoms with E-state index in [0.717, 1.165) is 53.0 Å². The summed E-state index contributed by atoms with van der Waals surface area (Å²) in [4.78, 5) is 22.7. The van der Waals surface area contributed by atoms with Crippen molar-refractivity contribution in [2.75, 3.05) is 31.1 Å². The summed E-state index contributed by atoms with van der Waals surface area (Å²) in [5.41, 5.74) is 2.81. The van der Waals surface area contributed by atoms with Gasteiger partial charge in [-0.2, -0.15) is 5.10 Å². The lowest BCUT2D eigenvalue weighted by Gasteiger charge is -2.20. The van der Waals surface area contributed by atoms with Crippen LogP contribution in [0.15, 0.2) is 71.7 Å². The second kappa shape index (κ2) is 9.50. The van der Waals surface area contributed by atoms with Crippen LogP contribution >= 0.6 is 22.7 Å². The van der Waals surface area contributed by atoms with Crippen molar-refractivity contribution in [2.45, 2.75) is 6.42 Å². The van der Waals surface area contributed by atoms with Crippen molar-refractivity contribution in [2.24, 2.45) is 0 Å². The number of amides is 1. The van der Waals surface area contributed by atoms with Crippen LogP contribution in [0.1, 0.15) is 12.0 Å². The molecule has 0 bridgehead atoms. The van der Waals surface area contributed by atoms with Gasteiger partial charge in [-0.25, -0.2) is 9.67 Å². The number of thiophene rings is 1. The van der Waals surface area contributed by atoms with Crippen LogP contribution in [0.2, 0.25) is 0 Å². The van der Waals surface area contributed by atoms with Gasteiger partial charge >= 0.3 is 0 Å². The quantitative estimate of drug-likeness (QED) is 0.400. The first kappa shape index (κ1) is 20.7. The second-order valence-corrected chi connectivity index (χ2v) is 9.33. The zero-order chi connectivity index (χ0) is 21.8. The first-order valence-corrected chi connectivity index (χ1v) is 12.3. The highest BCUT2D eigenvalue weighted by Gasteiger charge is 2.19. The molecule has 4 aromatic rings. The molecule has 1 aromatic carbocycles. The Hall–Kier alpha value is -3.23. The Kier molecular flexibility index (Phi) is 6.13. The fourth-order valence-electron chi connectivity index (χ4n) is 3.79. The standard InChI is InChI=1S/C24H23N5OS2/c30-22(27-12-5-13-28(15-14-27)24-25-11-17-32-24)10-9-19-18-29(20-6-2-1-3-7-20)26-23(19)21-8-4-16-31-21/h1-4,6-11,16-18H,5,12-15H2/b10-9+. The van der Waals surface area contributed by atoms with E-state index in [-0.39, 0.29) is 5.91 Å². The zero-order valence-corrected chi connectivity index (χ0v) is 19.1. The maximum atomic E-state index is 13.0. The lowest BCUT2D eigenvalue weighted by atomic mass is 10.2. The number of hydrogen-bond donors (Lipinski definition) is 0. The van der Waals surface area contributed by atoms with Crippen LogP contribution in [0, 0.1) is 0 Å². The monoisotopic (exact) mass is 461 g/mol. The van der Waals surface area contributed by atoms with Gasteiger partial charge in [-0.05, 0) is 36.1 Å². The molecule has 0 unspecified atom stereocenters. The molecule has 6 nitrogen and oxygen atoms in total. The highest BCUT2D eigenvalue weighted by Crippen LogP contribution is 2.28. The normalized spacial score (nSPS) is 14.8. The molecular formula is C24H23N5OS2. The third kappa shape index (κ3) is 4.51. The summed E-state index contributed by atoms with van der Waals surface area (Å²) in [6.07, 6.45) is 8.33. The van der Waals surface area contributed by atoms with Gasteiger partial charge < -0.3 is 9.80 Å². The molecule has 1 fully saturated rings. The topological polar surface area (TPSA) is 54.3 Å². The zero-order valence-electron chi connectivity index (χ0n) is 17.5. The Morgan fingerprint density at radius 2 is 1.88 bits per heavy atom. The summed E-state index contributed by atoms with van der Waals surface area (Å²) in [6.45, 7) is 3.18. The second-order valence-electron chi connectivity index (χ2n) is 7.50. The van der Waals surface area contributed by atoms with Gasteiger partial charge in [0.25, 0.3) is 0 Å². The molecule has 0 atom stereocenters. The molecule has 0 radical (unpaired) electrons. The van der Waals surface area contributed by atoms with Crippen LogP contribution in [-0.4, -0.2) is 51.8 Å². The summed E-state index contributed by atoms with van der Waals surface area (Å²) >= 11 is 3.29. The molecule has 1 aliphatic heterocycles. The van der Waals surface area contributed by atoms with Gasteiger partial charge in [-0.1, -0.05) is 24.3 Å². The van der Waals surface area contributed by atoms with Crippen molar-refractivity contribution in [3.8, 4) is 16.3 Å². The first-order valence-electron chi connectivity index (χ1n) is 10.6. The van der Waals surface area contributed by atoms with Crippen LogP contribution in [0.25, 0.3) is 22.3 Å². The van der Waals surface area contributed by atoms with Crippen molar-refractivity contribution in [1.29, 1.82) is 0 Å². The number of thiazole rings is 1. The van der Waals surface area contributed by atoms with Gasteiger partial charge in [0.15, 0.2) is 5.13 Å². The highest BCUT2D eigenvalue weighted by molar-refractivity contribution is 7.13. The van der Waals surface area contributed by atoms with E-state index in [2.05, 4.69) is 16.0 Å². The minimum absolute atomic E-state index is 0.0376. The number of benzene rings is 1. The van der Waals surface area contributed by atoms with Crippen LogP contribution in [0.5, 0.6) is 0 Å². The predicted octanol–water partition coefficient (Wildman–Crippen LogP) is 4.81. The van der Waals surface area contributed by atoms with E-state index in [1.165, 1.54) is 0 Å². The molecule has 0 aliphatic carbocycles. The van der Waals surface area contributed by atoms with Crippen molar-refractivity contribution in [3.05, 3.63) is 77.3 Å². The minimum atomic E-state index is 0.0376. The van der Waals surface area contributed by atoms with E-state index in [1.54, 1.807) is 28.7 Å². The van der Waals surface area contributed by atoms with E-state index >= 15 is 0 Å². The van der Waals surface area contributed by atoms with Crippen LogP contribution in [0.4, 0.5) is 5.13 Å². The summed E-state index contributed by atoms with van der Waals surface area (Å²) in [6, 6.07) is 14.1. The lowest BCUT2D eigenvalue weighted by Crippen LogP contribution is -2.34. The molecule has 0 N–H and O–H groups in total. The van der Waals surface area contributed by atoms with E-state index in [9.17, 15) is 4.79 Å². The summed E-state index contributed by atoms with van der Waals surface area (Å²) in [7, 11) is 0. The fourth-order valence-corrected chi connectivity index (χ4v) is 5.22. The number of anilines is 1. The van der Waals surface area contributed by atoms with Crippen molar-refractivity contribution >= 4 is 39.8 Å². The number of rotatable bonds is 5.